The predicted molar refractivity (Wildman–Crippen MR) is 115 cm³/mol. The summed E-state index contributed by atoms with van der Waals surface area (Å²) in [5, 5.41) is 3.04. The third-order valence-corrected chi connectivity index (χ3v) is 6.67. The van der Waals surface area contributed by atoms with Crippen LogP contribution in [0.25, 0.3) is 0 Å². The van der Waals surface area contributed by atoms with Crippen molar-refractivity contribution in [2.75, 3.05) is 39.3 Å². The second-order valence-electron chi connectivity index (χ2n) is 9.29. The number of hydrogen-bond donors (Lipinski definition) is 1. The van der Waals surface area contributed by atoms with Crippen LogP contribution in [0.1, 0.15) is 71.6 Å². The Morgan fingerprint density at radius 2 is 1.97 bits per heavy atom. The summed E-state index contributed by atoms with van der Waals surface area (Å²) in [6, 6.07) is 0. The highest BCUT2D eigenvalue weighted by Gasteiger charge is 2.42. The normalized spacial score (nSPS) is 25.1. The summed E-state index contributed by atoms with van der Waals surface area (Å²) >= 11 is 0. The van der Waals surface area contributed by atoms with Gasteiger partial charge in [-0.05, 0) is 52.4 Å². The number of carbonyl (C=O) groups is 2. The molecule has 2 amide bonds. The first kappa shape index (κ1) is 22.3. The van der Waals surface area contributed by atoms with Crippen molar-refractivity contribution in [3.63, 3.8) is 0 Å². The van der Waals surface area contributed by atoms with Gasteiger partial charge in [0.15, 0.2) is 0 Å². The van der Waals surface area contributed by atoms with Crippen LogP contribution in [-0.2, 0) is 14.3 Å². The molecule has 3 saturated heterocycles. The fourth-order valence-corrected chi connectivity index (χ4v) is 4.69. The first-order valence-electron chi connectivity index (χ1n) is 11.5. The SMILES string of the molecule is CC(C)=CCN1CCC2(CCC(CNC(=O)CCN3CCCCCC3=O)O2)CC1. The molecule has 6 heteroatoms. The zero-order valence-corrected chi connectivity index (χ0v) is 18.4. The van der Waals surface area contributed by atoms with Crippen LogP contribution in [0, 0.1) is 0 Å². The van der Waals surface area contributed by atoms with Crippen molar-refractivity contribution in [1.29, 1.82) is 0 Å². The average molecular weight is 406 g/mol. The molecule has 1 N–H and O–H groups in total. The Labute approximate surface area is 176 Å². The first-order chi connectivity index (χ1) is 14.0. The first-order valence-corrected chi connectivity index (χ1v) is 11.5. The highest BCUT2D eigenvalue weighted by atomic mass is 16.5. The third-order valence-electron chi connectivity index (χ3n) is 6.67. The Hall–Kier alpha value is -1.40. The van der Waals surface area contributed by atoms with Crippen molar-refractivity contribution < 1.29 is 14.3 Å². The number of ether oxygens (including phenoxy) is 1. The second-order valence-corrected chi connectivity index (χ2v) is 9.29. The molecular formula is C23H39N3O3. The third kappa shape index (κ3) is 6.82. The van der Waals surface area contributed by atoms with Gasteiger partial charge in [-0.3, -0.25) is 14.5 Å². The average Bonchev–Trinajstić information content (AvgIpc) is 2.98. The van der Waals surface area contributed by atoms with Gasteiger partial charge < -0.3 is 15.0 Å². The van der Waals surface area contributed by atoms with E-state index in [2.05, 4.69) is 30.1 Å². The zero-order valence-electron chi connectivity index (χ0n) is 18.4. The minimum Gasteiger partial charge on any atom is -0.370 e. The second kappa shape index (κ2) is 10.6. The lowest BCUT2D eigenvalue weighted by Gasteiger charge is -2.39. The molecule has 1 atom stereocenters. The Balaban J connectivity index is 1.33. The van der Waals surface area contributed by atoms with Crippen LogP contribution in [-0.4, -0.2) is 72.6 Å². The highest BCUT2D eigenvalue weighted by Crippen LogP contribution is 2.38. The maximum Gasteiger partial charge on any atom is 0.222 e. The molecule has 164 valence electrons. The number of likely N-dealkylation sites (tertiary alicyclic amines) is 2. The molecule has 3 fully saturated rings. The van der Waals surface area contributed by atoms with Crippen LogP contribution in [0.2, 0.25) is 0 Å². The number of amides is 2. The Bertz CT molecular complexity index is 592. The summed E-state index contributed by atoms with van der Waals surface area (Å²) in [6.07, 6.45) is 10.9. The van der Waals surface area contributed by atoms with Crippen molar-refractivity contribution in [3.05, 3.63) is 11.6 Å². The Morgan fingerprint density at radius 3 is 2.72 bits per heavy atom. The molecule has 1 spiro atoms. The van der Waals surface area contributed by atoms with Crippen molar-refractivity contribution in [2.45, 2.75) is 83.3 Å². The number of nitrogens with zero attached hydrogens (tertiary/aromatic N) is 2. The molecule has 29 heavy (non-hydrogen) atoms. The van der Waals surface area contributed by atoms with Crippen LogP contribution in [0.5, 0.6) is 0 Å². The van der Waals surface area contributed by atoms with Crippen LogP contribution in [0.4, 0.5) is 0 Å². The summed E-state index contributed by atoms with van der Waals surface area (Å²) in [7, 11) is 0. The van der Waals surface area contributed by atoms with Crippen LogP contribution < -0.4 is 5.32 Å². The van der Waals surface area contributed by atoms with E-state index >= 15 is 0 Å². The molecular weight excluding hydrogens is 366 g/mol. The van der Waals surface area contributed by atoms with Gasteiger partial charge in [-0.15, -0.1) is 0 Å². The lowest BCUT2D eigenvalue weighted by Crippen LogP contribution is -2.45. The standard InChI is InChI=1S/C23H39N3O3/c1-19(2)8-14-25-16-11-23(12-17-25)10-7-20(29-23)18-24-21(27)9-15-26-13-5-3-4-6-22(26)28/h8,20H,3-7,9-18H2,1-2H3,(H,24,27). The van der Waals surface area contributed by atoms with Crippen LogP contribution >= 0.6 is 0 Å². The summed E-state index contributed by atoms with van der Waals surface area (Å²) in [5.41, 5.74) is 1.40. The van der Waals surface area contributed by atoms with E-state index in [9.17, 15) is 9.59 Å². The Morgan fingerprint density at radius 1 is 1.17 bits per heavy atom. The molecule has 1 unspecified atom stereocenters. The zero-order chi connectivity index (χ0) is 20.7. The molecule has 3 rings (SSSR count). The minimum atomic E-state index is 0.0232. The highest BCUT2D eigenvalue weighted by molar-refractivity contribution is 5.79. The molecule has 0 aromatic rings. The molecule has 0 radical (unpaired) electrons. The fourth-order valence-electron chi connectivity index (χ4n) is 4.69. The number of nitrogens with one attached hydrogen (secondary N) is 1. The topological polar surface area (TPSA) is 61.9 Å². The Kier molecular flexibility index (Phi) is 8.13. The number of hydrogen-bond acceptors (Lipinski definition) is 4. The summed E-state index contributed by atoms with van der Waals surface area (Å²) in [5.74, 6) is 0.232. The summed E-state index contributed by atoms with van der Waals surface area (Å²) in [4.78, 5) is 28.6. The predicted octanol–water partition coefficient (Wildman–Crippen LogP) is 2.88. The van der Waals surface area contributed by atoms with Gasteiger partial charge in [0.05, 0.1) is 11.7 Å². The van der Waals surface area contributed by atoms with E-state index in [4.69, 9.17) is 4.74 Å². The lowest BCUT2D eigenvalue weighted by molar-refractivity contribution is -0.131. The number of carbonyl (C=O) groups excluding carboxylic acids is 2. The molecule has 6 nitrogen and oxygen atoms in total. The van der Waals surface area contributed by atoms with Crippen molar-refractivity contribution in [3.8, 4) is 0 Å². The quantitative estimate of drug-likeness (QED) is 0.662. The van der Waals surface area contributed by atoms with Crippen LogP contribution in [0.3, 0.4) is 0 Å². The molecule has 0 aromatic carbocycles. The maximum absolute atomic E-state index is 12.3. The smallest absolute Gasteiger partial charge is 0.222 e. The van der Waals surface area contributed by atoms with Gasteiger partial charge >= 0.3 is 0 Å². The molecule has 3 aliphatic rings. The monoisotopic (exact) mass is 405 g/mol. The van der Waals surface area contributed by atoms with Gasteiger partial charge in [0.2, 0.25) is 11.8 Å². The lowest BCUT2D eigenvalue weighted by atomic mass is 9.88. The maximum atomic E-state index is 12.3. The van der Waals surface area contributed by atoms with Crippen molar-refractivity contribution in [2.24, 2.45) is 0 Å². The van der Waals surface area contributed by atoms with Gasteiger partial charge in [-0.2, -0.15) is 0 Å². The molecule has 3 aliphatic heterocycles. The molecule has 0 aliphatic carbocycles. The number of allylic oxidation sites excluding steroid dienone is 1. The van der Waals surface area contributed by atoms with E-state index in [1.54, 1.807) is 0 Å². The number of rotatable bonds is 7. The molecule has 0 saturated carbocycles. The van der Waals surface area contributed by atoms with Crippen molar-refractivity contribution >= 4 is 11.8 Å². The molecule has 3 heterocycles. The summed E-state index contributed by atoms with van der Waals surface area (Å²) < 4.78 is 6.42. The van der Waals surface area contributed by atoms with Gasteiger partial charge in [0.25, 0.3) is 0 Å². The van der Waals surface area contributed by atoms with Gasteiger partial charge in [0, 0.05) is 52.1 Å². The molecule has 0 aromatic heterocycles. The van der Waals surface area contributed by atoms with E-state index in [1.807, 2.05) is 4.90 Å². The van der Waals surface area contributed by atoms with E-state index in [0.717, 1.165) is 71.1 Å². The van der Waals surface area contributed by atoms with E-state index in [-0.39, 0.29) is 23.5 Å². The van der Waals surface area contributed by atoms with E-state index in [1.165, 1.54) is 5.57 Å². The van der Waals surface area contributed by atoms with E-state index in [0.29, 0.717) is 25.9 Å². The van der Waals surface area contributed by atoms with Gasteiger partial charge in [-0.25, -0.2) is 0 Å². The molecule has 0 bridgehead atoms. The van der Waals surface area contributed by atoms with Gasteiger partial charge in [0.1, 0.15) is 0 Å². The van der Waals surface area contributed by atoms with Gasteiger partial charge in [-0.1, -0.05) is 18.1 Å². The largest absolute Gasteiger partial charge is 0.370 e. The number of piperidine rings is 1. The fraction of sp³-hybridized carbons (Fsp3) is 0.826. The van der Waals surface area contributed by atoms with Crippen molar-refractivity contribution in [1.82, 2.24) is 15.1 Å². The van der Waals surface area contributed by atoms with E-state index < -0.39 is 0 Å². The van der Waals surface area contributed by atoms with Crippen LogP contribution in [0.15, 0.2) is 11.6 Å². The minimum absolute atomic E-state index is 0.0232. The summed E-state index contributed by atoms with van der Waals surface area (Å²) in [6.45, 7) is 9.45.